The maximum absolute atomic E-state index is 13.3. The Labute approximate surface area is 164 Å². The highest BCUT2D eigenvalue weighted by molar-refractivity contribution is 6.08. The van der Waals surface area contributed by atoms with Gasteiger partial charge in [-0.15, -0.1) is 0 Å². The summed E-state index contributed by atoms with van der Waals surface area (Å²) in [5, 5.41) is 0.581. The van der Waals surface area contributed by atoms with Gasteiger partial charge in [-0.1, -0.05) is 12.1 Å². The lowest BCUT2D eigenvalue weighted by Gasteiger charge is -2.24. The fraction of sp³-hybridized carbons (Fsp3) is 0.348. The zero-order chi connectivity index (χ0) is 19.8. The molecule has 144 valence electrons. The predicted octanol–water partition coefficient (Wildman–Crippen LogP) is 4.02. The largest absolute Gasteiger partial charge is 0.308 e. The summed E-state index contributed by atoms with van der Waals surface area (Å²) in [6, 6.07) is 11.4. The van der Waals surface area contributed by atoms with E-state index in [4.69, 9.17) is 4.98 Å². The molecule has 0 aliphatic carbocycles. The van der Waals surface area contributed by atoms with Gasteiger partial charge in [-0.2, -0.15) is 0 Å². The van der Waals surface area contributed by atoms with E-state index in [2.05, 4.69) is 0 Å². The number of nitrogens with zero attached hydrogens (tertiary/aromatic N) is 3. The summed E-state index contributed by atoms with van der Waals surface area (Å²) in [7, 11) is 0. The number of aromatic nitrogens is 2. The van der Waals surface area contributed by atoms with E-state index in [1.54, 1.807) is 27.7 Å². The Morgan fingerprint density at radius 2 is 1.96 bits per heavy atom. The molecule has 1 aliphatic heterocycles. The smallest absolute Gasteiger partial charge is 0.261 e. The molecular formula is C23H25N3O2. The highest BCUT2D eigenvalue weighted by Gasteiger charge is 2.20. The number of hydrogen-bond donors (Lipinski definition) is 0. The second kappa shape index (κ2) is 7.23. The van der Waals surface area contributed by atoms with Crippen molar-refractivity contribution in [3.05, 3.63) is 69.3 Å². The fourth-order valence-electron chi connectivity index (χ4n) is 3.96. The lowest BCUT2D eigenvalue weighted by atomic mass is 10.1. The summed E-state index contributed by atoms with van der Waals surface area (Å²) in [6.45, 7) is 7.31. The Bertz CT molecular complexity index is 1130. The van der Waals surface area contributed by atoms with Gasteiger partial charge in [0.25, 0.3) is 11.5 Å². The first-order chi connectivity index (χ1) is 13.5. The number of fused-ring (bicyclic) bond motifs is 2. The number of hydrogen-bond acceptors (Lipinski definition) is 3. The van der Waals surface area contributed by atoms with Crippen LogP contribution in [-0.4, -0.2) is 22.0 Å². The first kappa shape index (κ1) is 18.4. The van der Waals surface area contributed by atoms with Gasteiger partial charge >= 0.3 is 0 Å². The van der Waals surface area contributed by atoms with E-state index < -0.39 is 0 Å². The topological polar surface area (TPSA) is 55.2 Å². The second-order valence-corrected chi connectivity index (χ2v) is 7.51. The maximum Gasteiger partial charge on any atom is 0.261 e. The third kappa shape index (κ3) is 3.11. The van der Waals surface area contributed by atoms with Gasteiger partial charge in [0, 0.05) is 30.8 Å². The monoisotopic (exact) mass is 375 g/mol. The summed E-state index contributed by atoms with van der Waals surface area (Å²) in [4.78, 5) is 32.5. The molecule has 1 aliphatic rings. The van der Waals surface area contributed by atoms with Gasteiger partial charge < -0.3 is 4.90 Å². The van der Waals surface area contributed by atoms with E-state index in [9.17, 15) is 9.59 Å². The molecule has 1 aromatic heterocycles. The zero-order valence-corrected chi connectivity index (χ0v) is 16.7. The van der Waals surface area contributed by atoms with Crippen LogP contribution < -0.4 is 10.5 Å². The Morgan fingerprint density at radius 1 is 1.14 bits per heavy atom. The molecule has 2 aromatic carbocycles. The molecule has 0 saturated heterocycles. The molecule has 5 nitrogen and oxygen atoms in total. The van der Waals surface area contributed by atoms with Crippen molar-refractivity contribution < 1.29 is 4.79 Å². The van der Waals surface area contributed by atoms with E-state index in [-0.39, 0.29) is 11.5 Å². The lowest BCUT2D eigenvalue weighted by Crippen LogP contribution is -2.32. The molecule has 5 heteroatoms. The van der Waals surface area contributed by atoms with Gasteiger partial charge in [-0.3, -0.25) is 14.2 Å². The van der Waals surface area contributed by atoms with E-state index in [0.717, 1.165) is 48.4 Å². The molecule has 0 radical (unpaired) electrons. The molecule has 0 fully saturated rings. The first-order valence-electron chi connectivity index (χ1n) is 9.92. The average molecular weight is 375 g/mol. The Hall–Kier alpha value is -2.95. The molecule has 1 amide bonds. The molecule has 4 rings (SSSR count). The number of rotatable bonds is 3. The summed E-state index contributed by atoms with van der Waals surface area (Å²) >= 11 is 0. The van der Waals surface area contributed by atoms with E-state index >= 15 is 0 Å². The third-order valence-electron chi connectivity index (χ3n) is 5.53. The fourth-order valence-corrected chi connectivity index (χ4v) is 3.96. The minimum atomic E-state index is -0.0716. The SMILES string of the molecule is CCN(C(=O)c1ccc2c(=O)n3c(nc2c1)CCCC3)c1cc(C)ccc1C. The van der Waals surface area contributed by atoms with Crippen LogP contribution in [0.4, 0.5) is 5.69 Å². The molecule has 28 heavy (non-hydrogen) atoms. The minimum absolute atomic E-state index is 0.000533. The maximum atomic E-state index is 13.3. The van der Waals surface area contributed by atoms with E-state index in [1.807, 2.05) is 39.0 Å². The Balaban J connectivity index is 1.78. The van der Waals surface area contributed by atoms with Crippen LogP contribution >= 0.6 is 0 Å². The van der Waals surface area contributed by atoms with Crippen molar-refractivity contribution in [2.75, 3.05) is 11.4 Å². The minimum Gasteiger partial charge on any atom is -0.308 e. The van der Waals surface area contributed by atoms with Crippen molar-refractivity contribution in [3.63, 3.8) is 0 Å². The van der Waals surface area contributed by atoms with Gasteiger partial charge in [0.05, 0.1) is 10.9 Å². The van der Waals surface area contributed by atoms with Crippen LogP contribution in [0, 0.1) is 13.8 Å². The molecule has 3 aromatic rings. The zero-order valence-electron chi connectivity index (χ0n) is 16.7. The van der Waals surface area contributed by atoms with Crippen molar-refractivity contribution in [2.24, 2.45) is 0 Å². The van der Waals surface area contributed by atoms with Crippen molar-refractivity contribution >= 4 is 22.5 Å². The highest BCUT2D eigenvalue weighted by Crippen LogP contribution is 2.24. The molecule has 0 saturated carbocycles. The molecular weight excluding hydrogens is 350 g/mol. The van der Waals surface area contributed by atoms with Gasteiger partial charge in [0.1, 0.15) is 5.82 Å². The summed E-state index contributed by atoms with van der Waals surface area (Å²) in [5.41, 5.74) is 4.27. The van der Waals surface area contributed by atoms with Crippen LogP contribution in [0.15, 0.2) is 41.2 Å². The molecule has 0 bridgehead atoms. The van der Waals surface area contributed by atoms with Crippen LogP contribution in [0.2, 0.25) is 0 Å². The van der Waals surface area contributed by atoms with Crippen LogP contribution in [-0.2, 0) is 13.0 Å². The molecule has 2 heterocycles. The number of amides is 1. The summed E-state index contributed by atoms with van der Waals surface area (Å²) < 4.78 is 1.78. The average Bonchev–Trinajstić information content (AvgIpc) is 2.71. The summed E-state index contributed by atoms with van der Waals surface area (Å²) in [6.07, 6.45) is 2.87. The van der Waals surface area contributed by atoms with Crippen LogP contribution in [0.1, 0.15) is 47.1 Å². The molecule has 0 spiro atoms. The van der Waals surface area contributed by atoms with E-state index in [1.165, 1.54) is 0 Å². The second-order valence-electron chi connectivity index (χ2n) is 7.51. The standard InChI is InChI=1S/C23H25N3O2/c1-4-25(20-13-15(2)8-9-16(20)3)22(27)17-10-11-18-19(14-17)24-21-7-5-6-12-26(21)23(18)28/h8-11,13-14H,4-7,12H2,1-3H3. The van der Waals surface area contributed by atoms with Crippen molar-refractivity contribution in [3.8, 4) is 0 Å². The third-order valence-corrected chi connectivity index (χ3v) is 5.53. The van der Waals surface area contributed by atoms with Crippen LogP contribution in [0.3, 0.4) is 0 Å². The van der Waals surface area contributed by atoms with Crippen molar-refractivity contribution in [1.82, 2.24) is 9.55 Å². The lowest BCUT2D eigenvalue weighted by molar-refractivity contribution is 0.0988. The van der Waals surface area contributed by atoms with Gasteiger partial charge in [0.15, 0.2) is 0 Å². The molecule has 0 unspecified atom stereocenters. The van der Waals surface area contributed by atoms with Crippen molar-refractivity contribution in [2.45, 2.75) is 46.6 Å². The Morgan fingerprint density at radius 3 is 2.75 bits per heavy atom. The van der Waals surface area contributed by atoms with E-state index in [0.29, 0.717) is 23.0 Å². The number of aryl methyl sites for hydroxylation is 3. The number of carbonyl (C=O) groups is 1. The van der Waals surface area contributed by atoms with Gasteiger partial charge in [-0.25, -0.2) is 4.98 Å². The van der Waals surface area contributed by atoms with Crippen molar-refractivity contribution in [1.29, 1.82) is 0 Å². The molecule has 0 N–H and O–H groups in total. The predicted molar refractivity (Wildman–Crippen MR) is 112 cm³/mol. The number of carbonyl (C=O) groups excluding carboxylic acids is 1. The number of anilines is 1. The van der Waals surface area contributed by atoms with Gasteiger partial charge in [-0.05, 0) is 69.0 Å². The normalized spacial score (nSPS) is 13.4. The Kier molecular flexibility index (Phi) is 4.75. The quantitative estimate of drug-likeness (QED) is 0.695. The summed E-state index contributed by atoms with van der Waals surface area (Å²) in [5.74, 6) is 0.757. The first-order valence-corrected chi connectivity index (χ1v) is 9.92. The number of benzene rings is 2. The highest BCUT2D eigenvalue weighted by atomic mass is 16.2. The van der Waals surface area contributed by atoms with Crippen LogP contribution in [0.5, 0.6) is 0 Å². The molecule has 0 atom stereocenters. The van der Waals surface area contributed by atoms with Crippen LogP contribution in [0.25, 0.3) is 10.9 Å². The van der Waals surface area contributed by atoms with Gasteiger partial charge in [0.2, 0.25) is 0 Å².